The lowest BCUT2D eigenvalue weighted by Gasteiger charge is -2.10. The summed E-state index contributed by atoms with van der Waals surface area (Å²) in [6.07, 6.45) is 0. The number of nitrogens with zero attached hydrogens (tertiary/aromatic N) is 5. The van der Waals surface area contributed by atoms with Crippen molar-refractivity contribution >= 4 is 35.5 Å². The third kappa shape index (κ3) is 3.81. The van der Waals surface area contributed by atoms with Gasteiger partial charge in [-0.25, -0.2) is 9.37 Å². The average molecular weight is 407 g/mol. The van der Waals surface area contributed by atoms with Gasteiger partial charge in [-0.15, -0.1) is 5.10 Å². The minimum absolute atomic E-state index is 0.00790. The van der Waals surface area contributed by atoms with Crippen molar-refractivity contribution in [3.05, 3.63) is 65.5 Å². The maximum atomic E-state index is 13.4. The number of nitrogens with one attached hydrogen (secondary N) is 1. The lowest BCUT2D eigenvalue weighted by atomic mass is 9.86. The van der Waals surface area contributed by atoms with Gasteiger partial charge < -0.3 is 21.1 Å². The van der Waals surface area contributed by atoms with Crippen molar-refractivity contribution in [2.75, 3.05) is 5.32 Å². The topological polar surface area (TPSA) is 152 Å². The van der Waals surface area contributed by atoms with E-state index in [4.69, 9.17) is 5.73 Å². The summed E-state index contributed by atoms with van der Waals surface area (Å²) < 4.78 is 14.6. The summed E-state index contributed by atoms with van der Waals surface area (Å²) in [5.41, 5.74) is 6.80. The molecule has 0 radical (unpaired) electrons. The molecule has 0 saturated heterocycles. The zero-order valence-electron chi connectivity index (χ0n) is 15.4. The van der Waals surface area contributed by atoms with Crippen LogP contribution in [0.25, 0.3) is 17.0 Å². The Kier molecular flexibility index (Phi) is 5.08. The highest BCUT2D eigenvalue weighted by Gasteiger charge is 2.20. The van der Waals surface area contributed by atoms with Crippen LogP contribution >= 0.6 is 0 Å². The van der Waals surface area contributed by atoms with E-state index < -0.39 is 13.0 Å². The number of hydrogen-bond donors (Lipinski definition) is 4. The summed E-state index contributed by atoms with van der Waals surface area (Å²) in [4.78, 5) is 20.0. The largest absolute Gasteiger partial charge is 0.508 e. The maximum absolute atomic E-state index is 13.4. The van der Waals surface area contributed by atoms with E-state index in [2.05, 4.69) is 25.6 Å². The monoisotopic (exact) mass is 407 g/mol. The summed E-state index contributed by atoms with van der Waals surface area (Å²) in [6.45, 7) is 0.235. The van der Waals surface area contributed by atoms with Gasteiger partial charge in [-0.05, 0) is 35.9 Å². The lowest BCUT2D eigenvalue weighted by molar-refractivity contribution is 0.100. The first-order valence-electron chi connectivity index (χ1n) is 8.80. The molecule has 0 atom stereocenters. The number of carbonyl (C=O) groups excluding carboxylic acids is 1. The molecule has 150 valence electrons. The smallest absolute Gasteiger partial charge is 0.422 e. The molecule has 30 heavy (non-hydrogen) atoms. The molecule has 12 heteroatoms. The fourth-order valence-electron chi connectivity index (χ4n) is 2.90. The Hall–Kier alpha value is -3.90. The van der Waals surface area contributed by atoms with Crippen LogP contribution in [0.4, 0.5) is 10.2 Å². The van der Waals surface area contributed by atoms with Crippen LogP contribution in [0.5, 0.6) is 0 Å². The van der Waals surface area contributed by atoms with E-state index in [1.807, 2.05) is 0 Å². The first kappa shape index (κ1) is 19.4. The minimum Gasteiger partial charge on any atom is -0.422 e. The molecule has 0 spiro atoms. The van der Waals surface area contributed by atoms with E-state index in [1.54, 1.807) is 24.3 Å². The number of halogens is 1. The Balaban J connectivity index is 1.74. The first-order chi connectivity index (χ1) is 14.4. The SMILES string of the molecule is NC(=O)c1cccc2c1nnn2-c1nc(NCc2cccc(F)c2)cc(B(O)O)n1. The van der Waals surface area contributed by atoms with E-state index >= 15 is 0 Å². The predicted molar refractivity (Wildman–Crippen MR) is 107 cm³/mol. The molecule has 1 amide bonds. The highest BCUT2D eigenvalue weighted by Crippen LogP contribution is 2.18. The predicted octanol–water partition coefficient (Wildman–Crippen LogP) is -0.260. The van der Waals surface area contributed by atoms with E-state index in [9.17, 15) is 19.2 Å². The molecular weight excluding hydrogens is 392 g/mol. The number of aromatic nitrogens is 5. The second-order valence-corrected chi connectivity index (χ2v) is 6.37. The molecule has 4 rings (SSSR count). The van der Waals surface area contributed by atoms with E-state index in [0.29, 0.717) is 11.1 Å². The Bertz CT molecular complexity index is 1250. The van der Waals surface area contributed by atoms with Crippen LogP contribution in [0.15, 0.2) is 48.5 Å². The normalized spacial score (nSPS) is 10.9. The second-order valence-electron chi connectivity index (χ2n) is 6.37. The van der Waals surface area contributed by atoms with Gasteiger partial charge in [0.15, 0.2) is 0 Å². The van der Waals surface area contributed by atoms with Gasteiger partial charge in [0, 0.05) is 6.54 Å². The van der Waals surface area contributed by atoms with Crippen molar-refractivity contribution in [3.8, 4) is 5.95 Å². The molecule has 2 aromatic heterocycles. The number of hydrogen-bond acceptors (Lipinski definition) is 8. The molecule has 2 heterocycles. The maximum Gasteiger partial charge on any atom is 0.508 e. The van der Waals surface area contributed by atoms with Crippen LogP contribution < -0.4 is 16.6 Å². The van der Waals surface area contributed by atoms with Crippen LogP contribution in [0.2, 0.25) is 0 Å². The second kappa shape index (κ2) is 7.85. The van der Waals surface area contributed by atoms with E-state index in [0.717, 1.165) is 0 Å². The van der Waals surface area contributed by atoms with Gasteiger partial charge in [0.2, 0.25) is 0 Å². The fraction of sp³-hybridized carbons (Fsp3) is 0.0556. The Labute approximate surface area is 169 Å². The van der Waals surface area contributed by atoms with Crippen molar-refractivity contribution < 1.29 is 19.2 Å². The number of nitrogens with two attached hydrogens (primary N) is 1. The Morgan fingerprint density at radius 2 is 1.97 bits per heavy atom. The van der Waals surface area contributed by atoms with Crippen molar-refractivity contribution in [1.82, 2.24) is 25.0 Å². The van der Waals surface area contributed by atoms with Gasteiger partial charge in [0.25, 0.3) is 11.9 Å². The van der Waals surface area contributed by atoms with Crippen LogP contribution in [0, 0.1) is 5.82 Å². The zero-order chi connectivity index (χ0) is 21.3. The third-order valence-corrected chi connectivity index (χ3v) is 4.29. The van der Waals surface area contributed by atoms with Gasteiger partial charge >= 0.3 is 7.12 Å². The molecular formula is C18H15BFN7O3. The number of primary amides is 1. The summed E-state index contributed by atoms with van der Waals surface area (Å²) >= 11 is 0. The molecule has 0 fully saturated rings. The molecule has 0 unspecified atom stereocenters. The van der Waals surface area contributed by atoms with Gasteiger partial charge in [0.05, 0.1) is 16.7 Å². The highest BCUT2D eigenvalue weighted by atomic mass is 19.1. The van der Waals surface area contributed by atoms with Gasteiger partial charge in [-0.2, -0.15) is 9.67 Å². The lowest BCUT2D eigenvalue weighted by Crippen LogP contribution is -2.34. The van der Waals surface area contributed by atoms with Crippen molar-refractivity contribution in [3.63, 3.8) is 0 Å². The van der Waals surface area contributed by atoms with Crippen LogP contribution in [-0.4, -0.2) is 48.0 Å². The quantitative estimate of drug-likeness (QED) is 0.319. The number of benzene rings is 2. The minimum atomic E-state index is -1.86. The molecule has 4 aromatic rings. The molecule has 5 N–H and O–H groups in total. The molecule has 2 aromatic carbocycles. The molecule has 0 aliphatic rings. The zero-order valence-corrected chi connectivity index (χ0v) is 15.4. The van der Waals surface area contributed by atoms with E-state index in [-0.39, 0.29) is 40.8 Å². The number of carbonyl (C=O) groups is 1. The van der Waals surface area contributed by atoms with Crippen molar-refractivity contribution in [1.29, 1.82) is 0 Å². The summed E-state index contributed by atoms with van der Waals surface area (Å²) in [6, 6.07) is 12.1. The summed E-state index contributed by atoms with van der Waals surface area (Å²) in [5.74, 6) is -0.789. The van der Waals surface area contributed by atoms with E-state index in [1.165, 1.54) is 28.9 Å². The van der Waals surface area contributed by atoms with Crippen molar-refractivity contribution in [2.24, 2.45) is 5.73 Å². The molecule has 10 nitrogen and oxygen atoms in total. The molecule has 0 aliphatic carbocycles. The van der Waals surface area contributed by atoms with Crippen molar-refractivity contribution in [2.45, 2.75) is 6.54 Å². The average Bonchev–Trinajstić information content (AvgIpc) is 3.16. The number of amides is 1. The molecule has 0 aliphatic heterocycles. The van der Waals surface area contributed by atoms with Gasteiger partial charge in [-0.1, -0.05) is 23.4 Å². The third-order valence-electron chi connectivity index (χ3n) is 4.29. The summed E-state index contributed by atoms with van der Waals surface area (Å²) in [5, 5.41) is 30.1. The summed E-state index contributed by atoms with van der Waals surface area (Å²) in [7, 11) is -1.86. The van der Waals surface area contributed by atoms with Crippen LogP contribution in [0.3, 0.4) is 0 Å². The number of rotatable bonds is 6. The highest BCUT2D eigenvalue weighted by molar-refractivity contribution is 6.57. The van der Waals surface area contributed by atoms with Crippen LogP contribution in [-0.2, 0) is 6.54 Å². The fourth-order valence-corrected chi connectivity index (χ4v) is 2.90. The number of fused-ring (bicyclic) bond motifs is 1. The first-order valence-corrected chi connectivity index (χ1v) is 8.80. The molecule has 0 bridgehead atoms. The van der Waals surface area contributed by atoms with Crippen LogP contribution in [0.1, 0.15) is 15.9 Å². The molecule has 0 saturated carbocycles. The van der Waals surface area contributed by atoms with Gasteiger partial charge in [0.1, 0.15) is 17.2 Å². The Morgan fingerprint density at radius 1 is 1.17 bits per heavy atom. The standard InChI is InChI=1S/C18H15BFN7O3/c20-11-4-1-3-10(7-11)9-22-15-8-14(19(29)30)23-18(24-15)27-13-6-2-5-12(17(21)28)16(13)25-26-27/h1-8,29-30H,9H2,(H2,21,28)(H,22,23,24). The number of anilines is 1. The Morgan fingerprint density at radius 3 is 2.70 bits per heavy atom. The van der Waals surface area contributed by atoms with Gasteiger partial charge in [-0.3, -0.25) is 4.79 Å².